The van der Waals surface area contributed by atoms with E-state index < -0.39 is 0 Å². The lowest BCUT2D eigenvalue weighted by atomic mass is 10.2. The summed E-state index contributed by atoms with van der Waals surface area (Å²) in [6, 6.07) is 10.2. The molecule has 1 fully saturated rings. The molecule has 0 aliphatic carbocycles. The molecule has 0 spiro atoms. The molecule has 1 aliphatic rings. The van der Waals surface area contributed by atoms with Crippen LogP contribution in [0.3, 0.4) is 0 Å². The predicted octanol–water partition coefficient (Wildman–Crippen LogP) is 4.83. The van der Waals surface area contributed by atoms with Gasteiger partial charge in [0.25, 0.3) is 0 Å². The Balaban J connectivity index is 1.70. The second-order valence-electron chi connectivity index (χ2n) is 5.54. The van der Waals surface area contributed by atoms with Crippen molar-refractivity contribution in [3.05, 3.63) is 62.8 Å². The zero-order chi connectivity index (χ0) is 17.8. The Morgan fingerprint density at radius 3 is 2.72 bits per heavy atom. The van der Waals surface area contributed by atoms with Crippen LogP contribution in [0.5, 0.6) is 5.75 Å². The molecule has 0 unspecified atom stereocenters. The van der Waals surface area contributed by atoms with Gasteiger partial charge in [-0.05, 0) is 46.3 Å². The molecule has 7 heteroatoms. The molecular weight excluding hydrogens is 429 g/mol. The Hall–Kier alpha value is -1.21. The normalized spacial score (nSPS) is 14.4. The Morgan fingerprint density at radius 1 is 1.28 bits per heavy atom. The van der Waals surface area contributed by atoms with Crippen molar-refractivity contribution >= 4 is 44.7 Å². The van der Waals surface area contributed by atoms with Gasteiger partial charge in [0.2, 0.25) is 0 Å². The molecule has 2 aromatic carbocycles. The van der Waals surface area contributed by atoms with Gasteiger partial charge in [-0.2, -0.15) is 0 Å². The van der Waals surface area contributed by atoms with Crippen molar-refractivity contribution in [1.82, 2.24) is 4.90 Å². The monoisotopic (exact) mass is 443 g/mol. The second-order valence-corrected chi connectivity index (χ2v) is 7.19. The topological polar surface area (TPSA) is 21.7 Å². The first-order valence-corrected chi connectivity index (χ1v) is 9.36. The molecule has 1 aliphatic heterocycles. The van der Waals surface area contributed by atoms with Crippen LogP contribution in [-0.2, 0) is 11.3 Å². The number of hydrogen-bond acceptors (Lipinski definition) is 3. The van der Waals surface area contributed by atoms with Crippen LogP contribution in [0.4, 0.5) is 4.39 Å². The molecule has 0 bridgehead atoms. The molecule has 1 heterocycles. The highest BCUT2D eigenvalue weighted by Crippen LogP contribution is 2.29. The van der Waals surface area contributed by atoms with E-state index in [0.29, 0.717) is 29.5 Å². The van der Waals surface area contributed by atoms with Gasteiger partial charge in [-0.1, -0.05) is 29.9 Å². The molecule has 132 valence electrons. The van der Waals surface area contributed by atoms with Gasteiger partial charge in [-0.15, -0.1) is 0 Å². The van der Waals surface area contributed by atoms with Crippen molar-refractivity contribution in [2.24, 2.45) is 0 Å². The number of ether oxygens (including phenoxy) is 2. The number of morpholine rings is 1. The molecule has 0 N–H and O–H groups in total. The standard InChI is InChI=1S/C18H16BrClFNO2S/c19-14-10-12(18(25)22-6-8-23-9-7-22)4-5-17(14)24-11-13-15(20)2-1-3-16(13)21/h1-5,10H,6-9,11H2. The van der Waals surface area contributed by atoms with Gasteiger partial charge in [-0.3, -0.25) is 0 Å². The summed E-state index contributed by atoms with van der Waals surface area (Å²) in [6.07, 6.45) is 0. The van der Waals surface area contributed by atoms with Crippen molar-refractivity contribution in [1.29, 1.82) is 0 Å². The van der Waals surface area contributed by atoms with E-state index >= 15 is 0 Å². The van der Waals surface area contributed by atoms with Crippen LogP contribution >= 0.6 is 39.7 Å². The van der Waals surface area contributed by atoms with Gasteiger partial charge >= 0.3 is 0 Å². The Kier molecular flexibility index (Phi) is 6.28. The zero-order valence-corrected chi connectivity index (χ0v) is 16.5. The summed E-state index contributed by atoms with van der Waals surface area (Å²) in [5.74, 6) is 0.224. The summed E-state index contributed by atoms with van der Waals surface area (Å²) in [7, 11) is 0. The van der Waals surface area contributed by atoms with Crippen molar-refractivity contribution in [3.8, 4) is 5.75 Å². The minimum Gasteiger partial charge on any atom is -0.488 e. The van der Waals surface area contributed by atoms with Crippen LogP contribution in [0.25, 0.3) is 0 Å². The lowest BCUT2D eigenvalue weighted by molar-refractivity contribution is 0.0693. The highest BCUT2D eigenvalue weighted by atomic mass is 79.9. The third-order valence-corrected chi connectivity index (χ3v) is 5.38. The van der Waals surface area contributed by atoms with E-state index in [-0.39, 0.29) is 12.4 Å². The SMILES string of the molecule is Fc1cccc(Cl)c1COc1ccc(C(=S)N2CCOCC2)cc1Br. The highest BCUT2D eigenvalue weighted by Gasteiger charge is 2.16. The van der Waals surface area contributed by atoms with Gasteiger partial charge in [-0.25, -0.2) is 4.39 Å². The fraction of sp³-hybridized carbons (Fsp3) is 0.278. The van der Waals surface area contributed by atoms with E-state index in [1.54, 1.807) is 12.1 Å². The maximum absolute atomic E-state index is 13.8. The maximum Gasteiger partial charge on any atom is 0.134 e. The summed E-state index contributed by atoms with van der Waals surface area (Å²) < 4.78 is 25.6. The molecule has 3 rings (SSSR count). The summed E-state index contributed by atoms with van der Waals surface area (Å²) in [4.78, 5) is 2.91. The molecule has 25 heavy (non-hydrogen) atoms. The molecule has 0 radical (unpaired) electrons. The summed E-state index contributed by atoms with van der Waals surface area (Å²) in [5, 5.41) is 0.348. The largest absolute Gasteiger partial charge is 0.488 e. The fourth-order valence-electron chi connectivity index (χ4n) is 2.52. The van der Waals surface area contributed by atoms with E-state index in [1.165, 1.54) is 6.07 Å². The number of halogens is 3. The van der Waals surface area contributed by atoms with Crippen molar-refractivity contribution in [2.75, 3.05) is 26.3 Å². The Bertz CT molecular complexity index is 763. The lowest BCUT2D eigenvalue weighted by Crippen LogP contribution is -2.40. The lowest BCUT2D eigenvalue weighted by Gasteiger charge is -2.29. The van der Waals surface area contributed by atoms with Crippen LogP contribution in [0.2, 0.25) is 5.02 Å². The number of rotatable bonds is 4. The molecule has 0 saturated carbocycles. The highest BCUT2D eigenvalue weighted by molar-refractivity contribution is 9.10. The molecule has 2 aromatic rings. The maximum atomic E-state index is 13.8. The van der Waals surface area contributed by atoms with E-state index in [0.717, 1.165) is 28.1 Å². The van der Waals surface area contributed by atoms with Crippen LogP contribution in [0, 0.1) is 5.82 Å². The zero-order valence-electron chi connectivity index (χ0n) is 13.3. The van der Waals surface area contributed by atoms with E-state index in [9.17, 15) is 4.39 Å². The van der Waals surface area contributed by atoms with Crippen LogP contribution in [0.15, 0.2) is 40.9 Å². The average Bonchev–Trinajstić information content (AvgIpc) is 2.62. The Morgan fingerprint density at radius 2 is 2.04 bits per heavy atom. The van der Waals surface area contributed by atoms with Crippen molar-refractivity contribution < 1.29 is 13.9 Å². The number of nitrogens with zero attached hydrogens (tertiary/aromatic N) is 1. The van der Waals surface area contributed by atoms with Gasteiger partial charge in [0, 0.05) is 24.2 Å². The van der Waals surface area contributed by atoms with Gasteiger partial charge in [0.1, 0.15) is 23.2 Å². The molecule has 3 nitrogen and oxygen atoms in total. The van der Waals surface area contributed by atoms with E-state index in [2.05, 4.69) is 20.8 Å². The van der Waals surface area contributed by atoms with Gasteiger partial charge in [0.15, 0.2) is 0 Å². The molecule has 0 aromatic heterocycles. The van der Waals surface area contributed by atoms with Gasteiger partial charge < -0.3 is 14.4 Å². The summed E-state index contributed by atoms with van der Waals surface area (Å²) in [6.45, 7) is 3.01. The van der Waals surface area contributed by atoms with Crippen LogP contribution in [0.1, 0.15) is 11.1 Å². The minimum atomic E-state index is -0.381. The molecule has 0 atom stereocenters. The van der Waals surface area contributed by atoms with Crippen LogP contribution < -0.4 is 4.74 Å². The number of thiocarbonyl (C=S) groups is 1. The van der Waals surface area contributed by atoms with Crippen molar-refractivity contribution in [3.63, 3.8) is 0 Å². The van der Waals surface area contributed by atoms with Crippen molar-refractivity contribution in [2.45, 2.75) is 6.61 Å². The molecule has 0 amide bonds. The van der Waals surface area contributed by atoms with Crippen LogP contribution in [-0.4, -0.2) is 36.2 Å². The quantitative estimate of drug-likeness (QED) is 0.630. The average molecular weight is 445 g/mol. The summed E-state index contributed by atoms with van der Waals surface area (Å²) >= 11 is 15.1. The predicted molar refractivity (Wildman–Crippen MR) is 104 cm³/mol. The van der Waals surface area contributed by atoms with Gasteiger partial charge in [0.05, 0.1) is 22.7 Å². The second kappa shape index (κ2) is 8.45. The first-order chi connectivity index (χ1) is 12.1. The first-order valence-electron chi connectivity index (χ1n) is 7.78. The third kappa shape index (κ3) is 4.50. The summed E-state index contributed by atoms with van der Waals surface area (Å²) in [5.41, 5.74) is 1.27. The number of benzene rings is 2. The smallest absolute Gasteiger partial charge is 0.134 e. The molecular formula is C18H16BrClFNO2S. The minimum absolute atomic E-state index is 0.0529. The Labute approximate surface area is 164 Å². The molecule has 1 saturated heterocycles. The van der Waals surface area contributed by atoms with E-state index in [4.69, 9.17) is 33.3 Å². The third-order valence-electron chi connectivity index (χ3n) is 3.91. The van der Waals surface area contributed by atoms with E-state index in [1.807, 2.05) is 18.2 Å². The fourth-order valence-corrected chi connectivity index (χ4v) is 3.54. The first kappa shape index (κ1) is 18.6. The number of hydrogen-bond donors (Lipinski definition) is 0.